The largest absolute Gasteiger partial charge is 0.351 e. The van der Waals surface area contributed by atoms with Gasteiger partial charge >= 0.3 is 7.60 Å². The van der Waals surface area contributed by atoms with Crippen LogP contribution in [0.3, 0.4) is 0 Å². The zero-order valence-electron chi connectivity index (χ0n) is 12.7. The van der Waals surface area contributed by atoms with Crippen molar-refractivity contribution in [1.29, 1.82) is 0 Å². The molecule has 0 aliphatic heterocycles. The van der Waals surface area contributed by atoms with Gasteiger partial charge in [-0.15, -0.1) is 0 Å². The molecule has 0 radical (unpaired) electrons. The normalized spacial score (nSPS) is 13.3. The van der Waals surface area contributed by atoms with Crippen LogP contribution in [0.5, 0.6) is 0 Å². The van der Waals surface area contributed by atoms with Crippen LogP contribution in [-0.2, 0) is 13.6 Å². The van der Waals surface area contributed by atoms with Crippen molar-refractivity contribution < 1.29 is 13.6 Å². The molecule has 0 heterocycles. The Morgan fingerprint density at radius 3 is 2.20 bits per heavy atom. The number of unbranched alkanes of at least 4 members (excludes halogenated alkanes) is 1. The molecule has 1 aromatic rings. The van der Waals surface area contributed by atoms with Crippen LogP contribution in [0.15, 0.2) is 30.3 Å². The zero-order chi connectivity index (χ0) is 14.8. The fourth-order valence-electron chi connectivity index (χ4n) is 2.01. The van der Waals surface area contributed by atoms with Gasteiger partial charge in [-0.2, -0.15) is 0 Å². The highest BCUT2D eigenvalue weighted by Gasteiger charge is 2.36. The molecule has 0 aliphatic carbocycles. The summed E-state index contributed by atoms with van der Waals surface area (Å²) in [6, 6.07) is 9.72. The second-order valence-electron chi connectivity index (χ2n) is 4.50. The Kier molecular flexibility index (Phi) is 8.08. The molecule has 0 aliphatic rings. The summed E-state index contributed by atoms with van der Waals surface area (Å²) in [5, 5.41) is 3.33. The minimum Gasteiger partial charge on any atom is -0.308 e. The minimum atomic E-state index is -3.20. The molecule has 1 N–H and O–H groups in total. The summed E-state index contributed by atoms with van der Waals surface area (Å²) in [6.07, 6.45) is 2.11. The van der Waals surface area contributed by atoms with E-state index in [9.17, 15) is 4.57 Å². The molecule has 0 saturated carbocycles. The molecule has 0 bridgehead atoms. The number of hydrogen-bond acceptors (Lipinski definition) is 4. The molecule has 0 spiro atoms. The van der Waals surface area contributed by atoms with Gasteiger partial charge in [0.1, 0.15) is 5.78 Å². The number of nitrogens with one attached hydrogen (secondary N) is 1. The second kappa shape index (κ2) is 9.30. The van der Waals surface area contributed by atoms with Crippen LogP contribution in [0.4, 0.5) is 0 Å². The van der Waals surface area contributed by atoms with Gasteiger partial charge in [-0.25, -0.2) is 0 Å². The fraction of sp³-hybridized carbons (Fsp3) is 0.600. The van der Waals surface area contributed by atoms with Gasteiger partial charge in [0.25, 0.3) is 0 Å². The summed E-state index contributed by atoms with van der Waals surface area (Å²) in [5.74, 6) is -0.407. The monoisotopic (exact) mass is 299 g/mol. The molecule has 1 unspecified atom stereocenters. The lowest BCUT2D eigenvalue weighted by atomic mass is 10.2. The molecular weight excluding hydrogens is 273 g/mol. The number of benzene rings is 1. The third-order valence-electron chi connectivity index (χ3n) is 2.92. The summed E-state index contributed by atoms with van der Waals surface area (Å²) >= 11 is 0. The van der Waals surface area contributed by atoms with E-state index in [1.165, 1.54) is 0 Å². The molecule has 5 heteroatoms. The highest BCUT2D eigenvalue weighted by molar-refractivity contribution is 7.54. The first-order valence-corrected chi connectivity index (χ1v) is 8.96. The molecule has 114 valence electrons. The molecule has 0 saturated heterocycles. The SMILES string of the molecule is CCCCNC(c1ccccc1)P(=O)(OCC)OCC. The van der Waals surface area contributed by atoms with E-state index in [2.05, 4.69) is 12.2 Å². The van der Waals surface area contributed by atoms with Crippen molar-refractivity contribution in [1.82, 2.24) is 5.32 Å². The summed E-state index contributed by atoms with van der Waals surface area (Å²) in [7, 11) is -3.20. The van der Waals surface area contributed by atoms with E-state index in [-0.39, 0.29) is 0 Å². The zero-order valence-corrected chi connectivity index (χ0v) is 13.6. The van der Waals surface area contributed by atoms with Crippen LogP contribution < -0.4 is 5.32 Å². The van der Waals surface area contributed by atoms with Crippen LogP contribution in [0.25, 0.3) is 0 Å². The molecule has 1 aromatic carbocycles. The molecule has 4 nitrogen and oxygen atoms in total. The van der Waals surface area contributed by atoms with E-state index in [0.717, 1.165) is 24.9 Å². The van der Waals surface area contributed by atoms with Gasteiger partial charge in [0.2, 0.25) is 0 Å². The third-order valence-corrected chi connectivity index (χ3v) is 5.27. The van der Waals surface area contributed by atoms with Gasteiger partial charge in [-0.3, -0.25) is 9.88 Å². The van der Waals surface area contributed by atoms with Crippen LogP contribution >= 0.6 is 7.60 Å². The van der Waals surface area contributed by atoms with Crippen molar-refractivity contribution in [2.45, 2.75) is 39.4 Å². The summed E-state index contributed by atoms with van der Waals surface area (Å²) in [5.41, 5.74) is 0.939. The van der Waals surface area contributed by atoms with Crippen LogP contribution in [0.2, 0.25) is 0 Å². The lowest BCUT2D eigenvalue weighted by Crippen LogP contribution is -2.24. The van der Waals surface area contributed by atoms with E-state index >= 15 is 0 Å². The van der Waals surface area contributed by atoms with Gasteiger partial charge < -0.3 is 9.05 Å². The Balaban J connectivity index is 2.98. The molecule has 0 amide bonds. The smallest absolute Gasteiger partial charge is 0.308 e. The lowest BCUT2D eigenvalue weighted by Gasteiger charge is -2.27. The Hall–Kier alpha value is -0.670. The minimum absolute atomic E-state index is 0.371. The third kappa shape index (κ3) is 5.02. The Morgan fingerprint density at radius 1 is 1.10 bits per heavy atom. The van der Waals surface area contributed by atoms with Gasteiger partial charge in [-0.05, 0) is 32.4 Å². The average Bonchev–Trinajstić information content (AvgIpc) is 2.45. The van der Waals surface area contributed by atoms with Gasteiger partial charge in [0.05, 0.1) is 13.2 Å². The second-order valence-corrected chi connectivity index (χ2v) is 6.61. The van der Waals surface area contributed by atoms with Crippen molar-refractivity contribution in [2.24, 2.45) is 0 Å². The highest BCUT2D eigenvalue weighted by atomic mass is 31.2. The van der Waals surface area contributed by atoms with Gasteiger partial charge in [0, 0.05) is 0 Å². The summed E-state index contributed by atoms with van der Waals surface area (Å²) in [6.45, 7) is 7.33. The predicted molar refractivity (Wildman–Crippen MR) is 83.0 cm³/mol. The number of hydrogen-bond donors (Lipinski definition) is 1. The van der Waals surface area contributed by atoms with E-state index in [0.29, 0.717) is 13.2 Å². The molecule has 0 fully saturated rings. The lowest BCUT2D eigenvalue weighted by molar-refractivity contribution is 0.207. The van der Waals surface area contributed by atoms with E-state index in [1.807, 2.05) is 44.2 Å². The van der Waals surface area contributed by atoms with E-state index in [4.69, 9.17) is 9.05 Å². The maximum Gasteiger partial charge on any atom is 0.351 e. The average molecular weight is 299 g/mol. The van der Waals surface area contributed by atoms with E-state index in [1.54, 1.807) is 0 Å². The van der Waals surface area contributed by atoms with Crippen LogP contribution in [-0.4, -0.2) is 19.8 Å². The Labute approximate surface area is 122 Å². The molecular formula is C15H26NO3P. The summed E-state index contributed by atoms with van der Waals surface area (Å²) in [4.78, 5) is 0. The van der Waals surface area contributed by atoms with Gasteiger partial charge in [-0.1, -0.05) is 43.7 Å². The fourth-order valence-corrected chi connectivity index (χ4v) is 3.99. The Bertz CT molecular complexity index is 401. The topological polar surface area (TPSA) is 47.6 Å². The predicted octanol–water partition coefficient (Wildman–Crippen LogP) is 4.34. The van der Waals surface area contributed by atoms with Crippen molar-refractivity contribution in [3.05, 3.63) is 35.9 Å². The molecule has 1 atom stereocenters. The quantitative estimate of drug-likeness (QED) is 0.515. The van der Waals surface area contributed by atoms with Gasteiger partial charge in [0.15, 0.2) is 0 Å². The van der Waals surface area contributed by atoms with Crippen molar-refractivity contribution in [3.63, 3.8) is 0 Å². The standard InChI is InChI=1S/C15H26NO3P/c1-4-7-13-16-15(14-11-9-8-10-12-14)20(17,18-5-2)19-6-3/h8-12,15-16H,4-7,13H2,1-3H3. The summed E-state index contributed by atoms with van der Waals surface area (Å²) < 4.78 is 24.0. The van der Waals surface area contributed by atoms with E-state index < -0.39 is 13.4 Å². The van der Waals surface area contributed by atoms with Crippen molar-refractivity contribution in [3.8, 4) is 0 Å². The molecule has 1 rings (SSSR count). The first-order valence-electron chi connectivity index (χ1n) is 7.35. The first-order chi connectivity index (χ1) is 9.68. The molecule has 20 heavy (non-hydrogen) atoms. The first kappa shape index (κ1) is 17.4. The number of rotatable bonds is 10. The van der Waals surface area contributed by atoms with Crippen LogP contribution in [0.1, 0.15) is 45.0 Å². The maximum atomic E-state index is 13.0. The van der Waals surface area contributed by atoms with Crippen molar-refractivity contribution in [2.75, 3.05) is 19.8 Å². The molecule has 0 aromatic heterocycles. The highest BCUT2D eigenvalue weighted by Crippen LogP contribution is 2.59. The van der Waals surface area contributed by atoms with Crippen molar-refractivity contribution >= 4 is 7.60 Å². The van der Waals surface area contributed by atoms with Crippen LogP contribution in [0, 0.1) is 0 Å². The maximum absolute atomic E-state index is 13.0. The Morgan fingerprint density at radius 2 is 1.70 bits per heavy atom.